The SMILES string of the molecule is [2H]C([2H])([2H])c1ccc([N+]#[C-])c2oc3c(-c4cc(C([2H])([2H])C(C)C)cc(C)[n+]4C)c(C)ccc3c12. The summed E-state index contributed by atoms with van der Waals surface area (Å²) in [5.74, 6) is -0.224. The minimum absolute atomic E-state index is 0.147. The molecule has 3 nitrogen and oxygen atoms in total. The molecule has 2 aromatic carbocycles. The summed E-state index contributed by atoms with van der Waals surface area (Å²) in [6.45, 7) is 12.8. The first kappa shape index (κ1) is 14.0. The molecule has 0 radical (unpaired) electrons. The molecule has 29 heavy (non-hydrogen) atoms. The average molecular weight is 389 g/mol. The first-order chi connectivity index (χ1) is 15.8. The molecule has 0 spiro atoms. The number of aromatic nitrogens is 1. The fourth-order valence-corrected chi connectivity index (χ4v) is 3.89. The molecule has 4 rings (SSSR count). The third-order valence-corrected chi connectivity index (χ3v) is 5.36. The van der Waals surface area contributed by atoms with Crippen LogP contribution in [0.3, 0.4) is 0 Å². The van der Waals surface area contributed by atoms with Crippen molar-refractivity contribution in [1.82, 2.24) is 0 Å². The summed E-state index contributed by atoms with van der Waals surface area (Å²) >= 11 is 0. The van der Waals surface area contributed by atoms with E-state index in [-0.39, 0.29) is 22.8 Å². The van der Waals surface area contributed by atoms with Crippen LogP contribution in [-0.4, -0.2) is 0 Å². The number of aryl methyl sites for hydroxylation is 3. The van der Waals surface area contributed by atoms with Crippen molar-refractivity contribution in [3.05, 3.63) is 70.2 Å². The molecule has 0 bridgehead atoms. The molecular weight excluding hydrogens is 356 g/mol. The molecule has 0 aliphatic carbocycles. The third-order valence-electron chi connectivity index (χ3n) is 5.36. The van der Waals surface area contributed by atoms with Gasteiger partial charge in [0.2, 0.25) is 11.4 Å². The first-order valence-corrected chi connectivity index (χ1v) is 9.67. The molecule has 3 heteroatoms. The van der Waals surface area contributed by atoms with Crippen molar-refractivity contribution in [2.75, 3.05) is 0 Å². The van der Waals surface area contributed by atoms with Gasteiger partial charge in [0.25, 0.3) is 0 Å². The van der Waals surface area contributed by atoms with Gasteiger partial charge in [-0.2, -0.15) is 4.57 Å². The van der Waals surface area contributed by atoms with Crippen LogP contribution in [-0.2, 0) is 13.4 Å². The number of rotatable bonds is 3. The van der Waals surface area contributed by atoms with Crippen LogP contribution in [0.2, 0.25) is 0 Å². The quantitative estimate of drug-likeness (QED) is 0.281. The molecule has 0 saturated heterocycles. The second-order valence-corrected chi connectivity index (χ2v) is 7.81. The Morgan fingerprint density at radius 3 is 2.59 bits per heavy atom. The lowest BCUT2D eigenvalue weighted by Crippen LogP contribution is -2.35. The Morgan fingerprint density at radius 2 is 1.90 bits per heavy atom. The van der Waals surface area contributed by atoms with E-state index in [1.165, 1.54) is 12.1 Å². The Hall–Kier alpha value is -3.12. The number of pyridine rings is 1. The maximum absolute atomic E-state index is 8.64. The van der Waals surface area contributed by atoms with Crippen molar-refractivity contribution in [2.24, 2.45) is 13.0 Å². The summed E-state index contributed by atoms with van der Waals surface area (Å²) in [4.78, 5) is 3.56. The summed E-state index contributed by atoms with van der Waals surface area (Å²) < 4.78 is 49.6. The van der Waals surface area contributed by atoms with Crippen LogP contribution in [0.4, 0.5) is 5.69 Å². The molecule has 2 aromatic heterocycles. The molecule has 0 N–H and O–H groups in total. The van der Waals surface area contributed by atoms with Crippen LogP contribution in [0.25, 0.3) is 38.0 Å². The largest absolute Gasteiger partial charge is 0.466 e. The van der Waals surface area contributed by atoms with Crippen LogP contribution in [0.15, 0.2) is 40.8 Å². The van der Waals surface area contributed by atoms with Gasteiger partial charge < -0.3 is 4.42 Å². The summed E-state index contributed by atoms with van der Waals surface area (Å²) in [6, 6.07) is 10.4. The Labute approximate surface area is 179 Å². The summed E-state index contributed by atoms with van der Waals surface area (Å²) in [7, 11) is 1.92. The highest BCUT2D eigenvalue weighted by atomic mass is 16.3. The lowest BCUT2D eigenvalue weighted by Gasteiger charge is -2.11. The van der Waals surface area contributed by atoms with E-state index in [9.17, 15) is 0 Å². The van der Waals surface area contributed by atoms with Gasteiger partial charge in [-0.05, 0) is 42.8 Å². The van der Waals surface area contributed by atoms with Crippen molar-refractivity contribution in [3.63, 3.8) is 0 Å². The Bertz CT molecular complexity index is 1490. The summed E-state index contributed by atoms with van der Waals surface area (Å²) in [5, 5.41) is 1.06. The minimum atomic E-state index is -2.37. The van der Waals surface area contributed by atoms with Crippen LogP contribution in [0.5, 0.6) is 0 Å². The molecule has 146 valence electrons. The maximum atomic E-state index is 8.64. The fourth-order valence-electron chi connectivity index (χ4n) is 3.89. The fraction of sp³-hybridized carbons (Fsp3) is 0.308. The number of nitrogens with zero attached hydrogens (tertiary/aromatic N) is 2. The van der Waals surface area contributed by atoms with E-state index in [1.54, 1.807) is 0 Å². The average Bonchev–Trinajstić information content (AvgIpc) is 3.13. The van der Waals surface area contributed by atoms with E-state index in [0.29, 0.717) is 21.9 Å². The molecule has 0 fully saturated rings. The molecule has 0 aliphatic heterocycles. The Kier molecular flexibility index (Phi) is 3.39. The molecular formula is C26H27N2O+. The van der Waals surface area contributed by atoms with Gasteiger partial charge >= 0.3 is 0 Å². The van der Waals surface area contributed by atoms with E-state index < -0.39 is 13.2 Å². The van der Waals surface area contributed by atoms with Gasteiger partial charge in [0.15, 0.2) is 5.69 Å². The molecule has 0 amide bonds. The van der Waals surface area contributed by atoms with Crippen LogP contribution in [0, 0.1) is 33.2 Å². The highest BCUT2D eigenvalue weighted by molar-refractivity contribution is 6.14. The smallest absolute Gasteiger partial charge is 0.229 e. The number of benzene rings is 2. The van der Waals surface area contributed by atoms with Gasteiger partial charge in [0, 0.05) is 36.7 Å². The van der Waals surface area contributed by atoms with E-state index in [0.717, 1.165) is 22.5 Å². The van der Waals surface area contributed by atoms with E-state index in [1.807, 2.05) is 63.6 Å². The van der Waals surface area contributed by atoms with Crippen molar-refractivity contribution >= 4 is 27.6 Å². The van der Waals surface area contributed by atoms with Gasteiger partial charge in [-0.3, -0.25) is 0 Å². The number of fused-ring (bicyclic) bond motifs is 3. The topological polar surface area (TPSA) is 21.4 Å². The van der Waals surface area contributed by atoms with Gasteiger partial charge in [0.05, 0.1) is 12.1 Å². The predicted octanol–water partition coefficient (Wildman–Crippen LogP) is 6.75. The Morgan fingerprint density at radius 1 is 1.14 bits per heavy atom. The Balaban J connectivity index is 2.17. The van der Waals surface area contributed by atoms with Gasteiger partial charge in [-0.15, -0.1) is 0 Å². The molecule has 4 aromatic rings. The molecule has 0 unspecified atom stereocenters. The van der Waals surface area contributed by atoms with Crippen LogP contribution >= 0.6 is 0 Å². The molecule has 0 atom stereocenters. The van der Waals surface area contributed by atoms with Crippen LogP contribution < -0.4 is 4.57 Å². The van der Waals surface area contributed by atoms with E-state index in [4.69, 9.17) is 17.8 Å². The minimum Gasteiger partial charge on any atom is -0.466 e. The van der Waals surface area contributed by atoms with E-state index >= 15 is 0 Å². The summed E-state index contributed by atoms with van der Waals surface area (Å²) in [6.07, 6.45) is -1.53. The normalized spacial score (nSPS) is 15.0. The monoisotopic (exact) mass is 388 g/mol. The van der Waals surface area contributed by atoms with Crippen molar-refractivity contribution < 1.29 is 15.8 Å². The second-order valence-electron chi connectivity index (χ2n) is 7.81. The number of hydrogen-bond donors (Lipinski definition) is 0. The zero-order chi connectivity index (χ0) is 25.2. The van der Waals surface area contributed by atoms with Gasteiger partial charge in [0.1, 0.15) is 18.2 Å². The van der Waals surface area contributed by atoms with Crippen molar-refractivity contribution in [3.8, 4) is 11.3 Å². The molecule has 0 aliphatic rings. The predicted molar refractivity (Wildman–Crippen MR) is 119 cm³/mol. The first-order valence-electron chi connectivity index (χ1n) is 12.2. The zero-order valence-corrected chi connectivity index (χ0v) is 17.3. The molecule has 0 saturated carbocycles. The standard InChI is InChI=1S/C26H27N2O/c1-15(2)12-19-13-18(5)28(7)22(14-19)24-17(4)8-10-20-23-16(3)9-11-21(27-6)26(23)29-25(20)24/h8-11,13-15H,12H2,1-5,7H3/q+1/i3D3,12D2. The van der Waals surface area contributed by atoms with Crippen molar-refractivity contribution in [1.29, 1.82) is 0 Å². The highest BCUT2D eigenvalue weighted by Gasteiger charge is 2.24. The number of hydrogen-bond acceptors (Lipinski definition) is 1. The lowest BCUT2D eigenvalue weighted by atomic mass is 9.96. The van der Waals surface area contributed by atoms with Crippen molar-refractivity contribution in [2.45, 2.75) is 40.9 Å². The second kappa shape index (κ2) is 7.04. The van der Waals surface area contributed by atoms with Crippen LogP contribution in [0.1, 0.15) is 43.1 Å². The van der Waals surface area contributed by atoms with Gasteiger partial charge in [-0.25, -0.2) is 4.85 Å². The summed E-state index contributed by atoms with van der Waals surface area (Å²) in [5.41, 5.74) is 5.05. The molecule has 2 heterocycles. The lowest BCUT2D eigenvalue weighted by molar-refractivity contribution is -0.666. The highest BCUT2D eigenvalue weighted by Crippen LogP contribution is 2.41. The number of furan rings is 1. The maximum Gasteiger partial charge on any atom is 0.229 e. The van der Waals surface area contributed by atoms with E-state index in [2.05, 4.69) is 4.85 Å². The zero-order valence-electron chi connectivity index (χ0n) is 22.3. The van der Waals surface area contributed by atoms with Gasteiger partial charge in [-0.1, -0.05) is 38.1 Å². The third kappa shape index (κ3) is 3.09.